The Kier molecular flexibility index (Phi) is 5.09. The molecule has 1 aliphatic carbocycles. The molecule has 1 rings (SSSR count). The Morgan fingerprint density at radius 3 is 2.57 bits per heavy atom. The molecular weight excluding hydrogens is 293 g/mol. The van der Waals surface area contributed by atoms with Gasteiger partial charge >= 0.3 is 0 Å². The van der Waals surface area contributed by atoms with Crippen LogP contribution in [0.3, 0.4) is 0 Å². The zero-order valence-electron chi connectivity index (χ0n) is 7.96. The summed E-state index contributed by atoms with van der Waals surface area (Å²) in [4.78, 5) is 12.0. The Labute approximate surface area is 98.0 Å². The quantitative estimate of drug-likeness (QED) is 0.318. The molecule has 0 atom stereocenters. The lowest BCUT2D eigenvalue weighted by atomic mass is 9.95. The van der Waals surface area contributed by atoms with Gasteiger partial charge in [-0.2, -0.15) is 0 Å². The predicted octanol–water partition coefficient (Wildman–Crippen LogP) is 1.36. The van der Waals surface area contributed by atoms with Crippen LogP contribution in [0.25, 0.3) is 0 Å². The summed E-state index contributed by atoms with van der Waals surface area (Å²) in [6.45, 7) is 0. The number of rotatable bonds is 1. The molecule has 0 bridgehead atoms. The van der Waals surface area contributed by atoms with Gasteiger partial charge in [0, 0.05) is 12.1 Å². The van der Waals surface area contributed by atoms with Crippen LogP contribution in [0.15, 0.2) is 0 Å². The van der Waals surface area contributed by atoms with E-state index in [1.165, 1.54) is 11.3 Å². The maximum Gasteiger partial charge on any atom is 0.149 e. The Morgan fingerprint density at radius 1 is 1.43 bits per heavy atom. The molecule has 0 aliphatic heterocycles. The Hall–Kier alpha value is -0.440. The van der Waals surface area contributed by atoms with Crippen molar-refractivity contribution in [3.63, 3.8) is 0 Å². The monoisotopic (exact) mass is 306 g/mol. The van der Waals surface area contributed by atoms with E-state index in [1.54, 1.807) is 0 Å². The van der Waals surface area contributed by atoms with E-state index in [-0.39, 0.29) is 6.04 Å². The fourth-order valence-corrected chi connectivity index (χ4v) is 1.91. The van der Waals surface area contributed by atoms with Gasteiger partial charge < -0.3 is 9.90 Å². The summed E-state index contributed by atoms with van der Waals surface area (Å²) in [5.41, 5.74) is 0. The second kappa shape index (κ2) is 6.12. The van der Waals surface area contributed by atoms with Crippen molar-refractivity contribution in [1.82, 2.24) is 4.90 Å². The summed E-state index contributed by atoms with van der Waals surface area (Å²) in [7, 11) is 0. The van der Waals surface area contributed by atoms with Gasteiger partial charge in [0.05, 0.1) is 4.43 Å². The fraction of sp³-hybridized carbons (Fsp3) is 0.700. The number of amides is 1. The Morgan fingerprint density at radius 2 is 2.07 bits per heavy atom. The number of hydrogen-bond donors (Lipinski definition) is 0. The third-order valence-electron chi connectivity index (χ3n) is 2.40. The van der Waals surface area contributed by atoms with E-state index in [0.29, 0.717) is 4.43 Å². The summed E-state index contributed by atoms with van der Waals surface area (Å²) >= 11 is 2.10. The van der Waals surface area contributed by atoms with Gasteiger partial charge in [-0.15, -0.1) is 0 Å². The third-order valence-corrected chi connectivity index (χ3v) is 2.78. The largest absolute Gasteiger partial charge is 0.529 e. The van der Waals surface area contributed by atoms with E-state index in [9.17, 15) is 9.90 Å². The lowest BCUT2D eigenvalue weighted by Crippen LogP contribution is -2.45. The minimum absolute atomic E-state index is 0.0594. The molecule has 0 N–H and O–H groups in total. The number of carbonyl (C=O) groups is 1. The molecule has 14 heavy (non-hydrogen) atoms. The van der Waals surface area contributed by atoms with Crippen LogP contribution in [0.5, 0.6) is 0 Å². The molecule has 0 aromatic heterocycles. The van der Waals surface area contributed by atoms with Crippen LogP contribution >= 0.6 is 22.6 Å². The summed E-state index contributed by atoms with van der Waals surface area (Å²) < 4.78 is 0.647. The highest BCUT2D eigenvalue weighted by atomic mass is 127. The summed E-state index contributed by atoms with van der Waals surface area (Å²) in [5.74, 6) is 2.77. The highest BCUT2D eigenvalue weighted by Crippen LogP contribution is 2.21. The average Bonchev–Trinajstić information content (AvgIpc) is 2.19. The standard InChI is InChI=1S/C10H14INO2/c11-7-4-8-12(10(13)14)9-5-2-1-3-6-9/h9H,1-3,5-7H2,(H,13,14)/p-1. The first-order valence-corrected chi connectivity index (χ1v) is 6.33. The van der Waals surface area contributed by atoms with Crippen molar-refractivity contribution in [3.8, 4) is 12.0 Å². The first-order chi connectivity index (χ1) is 6.75. The van der Waals surface area contributed by atoms with E-state index >= 15 is 0 Å². The molecule has 0 heterocycles. The maximum absolute atomic E-state index is 10.8. The van der Waals surface area contributed by atoms with Crippen LogP contribution in [-0.2, 0) is 0 Å². The fourth-order valence-electron chi connectivity index (χ4n) is 1.74. The van der Waals surface area contributed by atoms with Gasteiger partial charge in [-0.05, 0) is 12.8 Å². The van der Waals surface area contributed by atoms with E-state index in [0.717, 1.165) is 25.7 Å². The number of nitrogens with zero attached hydrogens (tertiary/aromatic N) is 1. The molecule has 0 aromatic carbocycles. The van der Waals surface area contributed by atoms with E-state index < -0.39 is 6.09 Å². The van der Waals surface area contributed by atoms with E-state index in [1.807, 2.05) is 0 Å². The van der Waals surface area contributed by atoms with E-state index in [4.69, 9.17) is 0 Å². The van der Waals surface area contributed by atoms with Gasteiger partial charge in [0.2, 0.25) is 0 Å². The SMILES string of the molecule is O=C([O-])N(C#CCI)C1CCCCC1. The first-order valence-electron chi connectivity index (χ1n) is 4.80. The van der Waals surface area contributed by atoms with Crippen molar-refractivity contribution in [2.75, 3.05) is 4.43 Å². The van der Waals surface area contributed by atoms with Crippen LogP contribution in [-0.4, -0.2) is 21.5 Å². The number of alkyl halides is 1. The molecule has 0 aromatic rings. The topological polar surface area (TPSA) is 43.4 Å². The minimum atomic E-state index is -1.16. The lowest BCUT2D eigenvalue weighted by molar-refractivity contribution is -0.264. The summed E-state index contributed by atoms with van der Waals surface area (Å²) in [5, 5.41) is 10.8. The molecule has 4 heteroatoms. The third kappa shape index (κ3) is 3.37. The summed E-state index contributed by atoms with van der Waals surface area (Å²) in [6, 6.07) is 2.71. The molecule has 1 aliphatic rings. The van der Waals surface area contributed by atoms with Crippen LogP contribution < -0.4 is 5.11 Å². The van der Waals surface area contributed by atoms with Crippen molar-refractivity contribution in [2.45, 2.75) is 38.1 Å². The van der Waals surface area contributed by atoms with Crippen molar-refractivity contribution in [2.24, 2.45) is 0 Å². The molecule has 3 nitrogen and oxygen atoms in total. The molecule has 1 fully saturated rings. The molecule has 1 amide bonds. The molecule has 78 valence electrons. The molecular formula is C10H13INO2-. The van der Waals surface area contributed by atoms with Crippen molar-refractivity contribution in [1.29, 1.82) is 0 Å². The smallest absolute Gasteiger partial charge is 0.149 e. The number of halogens is 1. The second-order valence-electron chi connectivity index (χ2n) is 3.35. The highest BCUT2D eigenvalue weighted by molar-refractivity contribution is 14.1. The van der Waals surface area contributed by atoms with Crippen LogP contribution in [0.4, 0.5) is 4.79 Å². The maximum atomic E-state index is 10.8. The van der Waals surface area contributed by atoms with Gasteiger partial charge in [-0.1, -0.05) is 47.8 Å². The average molecular weight is 306 g/mol. The molecule has 0 radical (unpaired) electrons. The predicted molar refractivity (Wildman–Crippen MR) is 60.8 cm³/mol. The molecule has 0 spiro atoms. The van der Waals surface area contributed by atoms with Crippen molar-refractivity contribution >= 4 is 28.7 Å². The number of carbonyl (C=O) groups excluding carboxylic acids is 1. The van der Waals surface area contributed by atoms with Crippen LogP contribution in [0.2, 0.25) is 0 Å². The highest BCUT2D eigenvalue weighted by Gasteiger charge is 2.19. The van der Waals surface area contributed by atoms with E-state index in [2.05, 4.69) is 34.6 Å². The number of carboxylic acid groups (broad SMARTS) is 1. The number of hydrogen-bond acceptors (Lipinski definition) is 2. The van der Waals surface area contributed by atoms with Gasteiger partial charge in [-0.3, -0.25) is 4.90 Å². The first kappa shape index (κ1) is 11.6. The molecule has 0 unspecified atom stereocenters. The molecule has 1 saturated carbocycles. The normalized spacial score (nSPS) is 16.9. The Balaban J connectivity index is 2.60. The van der Waals surface area contributed by atoms with Crippen molar-refractivity contribution in [3.05, 3.63) is 0 Å². The zero-order valence-corrected chi connectivity index (χ0v) is 10.1. The van der Waals surface area contributed by atoms with Gasteiger partial charge in [0.1, 0.15) is 6.09 Å². The zero-order chi connectivity index (χ0) is 10.4. The van der Waals surface area contributed by atoms with Gasteiger partial charge in [-0.25, -0.2) is 0 Å². The molecule has 0 saturated heterocycles. The lowest BCUT2D eigenvalue weighted by Gasteiger charge is -2.31. The Bertz CT molecular complexity index is 251. The van der Waals surface area contributed by atoms with Gasteiger partial charge in [0.25, 0.3) is 0 Å². The summed E-state index contributed by atoms with van der Waals surface area (Å²) in [6.07, 6.45) is 4.08. The van der Waals surface area contributed by atoms with Gasteiger partial charge in [0.15, 0.2) is 0 Å². The van der Waals surface area contributed by atoms with Crippen molar-refractivity contribution < 1.29 is 9.90 Å². The second-order valence-corrected chi connectivity index (χ2v) is 4.11. The van der Waals surface area contributed by atoms with Crippen LogP contribution in [0.1, 0.15) is 32.1 Å². The van der Waals surface area contributed by atoms with Crippen LogP contribution in [0, 0.1) is 12.0 Å². The minimum Gasteiger partial charge on any atom is -0.529 e.